The van der Waals surface area contributed by atoms with Gasteiger partial charge in [-0.2, -0.15) is 0 Å². The summed E-state index contributed by atoms with van der Waals surface area (Å²) in [5.74, 6) is -0.827. The number of hydrogen-bond donors (Lipinski definition) is 1. The summed E-state index contributed by atoms with van der Waals surface area (Å²) < 4.78 is 3.09. The number of aliphatic carboxylic acids is 1. The largest absolute Gasteiger partial charge is 0.481 e. The SMILES string of the molecule is Bc1ccc2c(CC(=O)O)cn(Cc3csc4c(Cl)c(Cl)ccc34)c2c1. The molecule has 2 heterocycles. The summed E-state index contributed by atoms with van der Waals surface area (Å²) in [4.78, 5) is 11.2. The lowest BCUT2D eigenvalue weighted by atomic mass is 9.94. The number of benzene rings is 2. The normalized spacial score (nSPS) is 11.5. The third kappa shape index (κ3) is 3.00. The Morgan fingerprint density at radius 3 is 2.69 bits per heavy atom. The first-order valence-corrected chi connectivity index (χ1v) is 9.72. The smallest absolute Gasteiger partial charge is 0.307 e. The molecule has 3 nitrogen and oxygen atoms in total. The second kappa shape index (κ2) is 6.65. The Kier molecular flexibility index (Phi) is 4.47. The van der Waals surface area contributed by atoms with E-state index in [-0.39, 0.29) is 6.42 Å². The highest BCUT2D eigenvalue weighted by molar-refractivity contribution is 7.18. The zero-order chi connectivity index (χ0) is 18.4. The molecular weight excluding hydrogens is 388 g/mol. The van der Waals surface area contributed by atoms with E-state index in [0.717, 1.165) is 37.6 Å². The predicted octanol–water partition coefficient (Wildman–Crippen LogP) is 4.10. The van der Waals surface area contributed by atoms with Gasteiger partial charge in [-0.3, -0.25) is 4.79 Å². The molecule has 0 saturated carbocycles. The fourth-order valence-electron chi connectivity index (χ4n) is 3.31. The van der Waals surface area contributed by atoms with Crippen molar-refractivity contribution in [2.45, 2.75) is 13.0 Å². The molecule has 0 fully saturated rings. The highest BCUT2D eigenvalue weighted by Gasteiger charge is 2.14. The van der Waals surface area contributed by atoms with Crippen molar-refractivity contribution in [3.8, 4) is 0 Å². The fourth-order valence-corrected chi connectivity index (χ4v) is 4.83. The van der Waals surface area contributed by atoms with Crippen LogP contribution in [0.1, 0.15) is 11.1 Å². The first kappa shape index (κ1) is 17.5. The zero-order valence-electron chi connectivity index (χ0n) is 13.9. The van der Waals surface area contributed by atoms with E-state index in [1.165, 1.54) is 0 Å². The molecule has 0 amide bonds. The molecule has 2 aromatic carbocycles. The molecular formula is C19H14BCl2NO2S. The number of hydrogen-bond acceptors (Lipinski definition) is 2. The maximum Gasteiger partial charge on any atom is 0.307 e. The highest BCUT2D eigenvalue weighted by Crippen LogP contribution is 2.37. The summed E-state index contributed by atoms with van der Waals surface area (Å²) >= 11 is 14.0. The Balaban J connectivity index is 1.84. The summed E-state index contributed by atoms with van der Waals surface area (Å²) in [6.45, 7) is 0.650. The standard InChI is InChI=1S/C19H14BCl2NO2S/c20-12-1-2-13-10(5-17(24)25)7-23(16(13)6-12)8-11-9-26-19-14(11)3-4-15(21)18(19)22/h1-4,6-7,9H,5,8,20H2,(H,24,25). The Labute approximate surface area is 165 Å². The van der Waals surface area contributed by atoms with E-state index in [4.69, 9.17) is 23.2 Å². The number of nitrogens with zero attached hydrogens (tertiary/aromatic N) is 1. The van der Waals surface area contributed by atoms with Gasteiger partial charge in [0.1, 0.15) is 7.85 Å². The van der Waals surface area contributed by atoms with Crippen LogP contribution in [0.2, 0.25) is 10.0 Å². The quantitative estimate of drug-likeness (QED) is 0.523. The van der Waals surface area contributed by atoms with Gasteiger partial charge in [0, 0.05) is 23.6 Å². The first-order valence-electron chi connectivity index (χ1n) is 8.08. The minimum absolute atomic E-state index is 0.0123. The molecule has 0 aliphatic rings. The van der Waals surface area contributed by atoms with Crippen LogP contribution in [0.3, 0.4) is 0 Å². The Bertz CT molecular complexity index is 1170. The molecule has 0 saturated heterocycles. The molecule has 0 aliphatic heterocycles. The topological polar surface area (TPSA) is 42.2 Å². The second-order valence-electron chi connectivity index (χ2n) is 6.37. The van der Waals surface area contributed by atoms with E-state index in [1.54, 1.807) is 11.3 Å². The number of thiophene rings is 1. The van der Waals surface area contributed by atoms with E-state index >= 15 is 0 Å². The van der Waals surface area contributed by atoms with Gasteiger partial charge < -0.3 is 9.67 Å². The summed E-state index contributed by atoms with van der Waals surface area (Å²) in [7, 11) is 2.04. The van der Waals surface area contributed by atoms with Crippen LogP contribution in [0.5, 0.6) is 0 Å². The zero-order valence-corrected chi connectivity index (χ0v) is 16.3. The first-order chi connectivity index (χ1) is 12.4. The maximum absolute atomic E-state index is 11.2. The summed E-state index contributed by atoms with van der Waals surface area (Å²) in [6, 6.07) is 9.92. The fraction of sp³-hybridized carbons (Fsp3) is 0.105. The molecule has 4 aromatic rings. The van der Waals surface area contributed by atoms with E-state index in [1.807, 2.05) is 38.3 Å². The lowest BCUT2D eigenvalue weighted by Crippen LogP contribution is -2.03. The van der Waals surface area contributed by atoms with Crippen molar-refractivity contribution in [1.29, 1.82) is 0 Å². The molecule has 4 rings (SSSR count). The minimum atomic E-state index is -0.827. The van der Waals surface area contributed by atoms with Crippen molar-refractivity contribution >= 4 is 74.8 Å². The summed E-state index contributed by atoms with van der Waals surface area (Å²) in [5, 5.41) is 14.5. The monoisotopic (exact) mass is 401 g/mol. The minimum Gasteiger partial charge on any atom is -0.481 e. The maximum atomic E-state index is 11.2. The van der Waals surface area contributed by atoms with Crippen molar-refractivity contribution in [3.63, 3.8) is 0 Å². The van der Waals surface area contributed by atoms with Crippen LogP contribution in [0.15, 0.2) is 41.9 Å². The molecule has 0 aliphatic carbocycles. The summed E-state index contributed by atoms with van der Waals surface area (Å²) in [5.41, 5.74) is 4.15. The number of fused-ring (bicyclic) bond motifs is 2. The van der Waals surface area contributed by atoms with Gasteiger partial charge in [0.25, 0.3) is 0 Å². The van der Waals surface area contributed by atoms with Crippen LogP contribution in [-0.4, -0.2) is 23.5 Å². The number of carboxylic acids is 1. The van der Waals surface area contributed by atoms with Crippen molar-refractivity contribution in [2.24, 2.45) is 0 Å². The number of carboxylic acid groups (broad SMARTS) is 1. The predicted molar refractivity (Wildman–Crippen MR) is 112 cm³/mol. The summed E-state index contributed by atoms with van der Waals surface area (Å²) in [6.07, 6.45) is 1.96. The van der Waals surface area contributed by atoms with E-state index in [2.05, 4.69) is 16.0 Å². The Morgan fingerprint density at radius 1 is 1.15 bits per heavy atom. The second-order valence-corrected chi connectivity index (χ2v) is 8.04. The molecule has 0 atom stereocenters. The number of rotatable bonds is 4. The molecule has 0 spiro atoms. The van der Waals surface area contributed by atoms with Crippen molar-refractivity contribution < 1.29 is 9.90 Å². The lowest BCUT2D eigenvalue weighted by Gasteiger charge is -2.06. The molecule has 0 unspecified atom stereocenters. The van der Waals surface area contributed by atoms with Crippen LogP contribution >= 0.6 is 34.5 Å². The third-order valence-corrected chi connectivity index (χ3v) is 6.50. The van der Waals surface area contributed by atoms with E-state index < -0.39 is 5.97 Å². The van der Waals surface area contributed by atoms with Gasteiger partial charge in [0.05, 0.1) is 21.2 Å². The Morgan fingerprint density at radius 2 is 1.92 bits per heavy atom. The average molecular weight is 402 g/mol. The number of aromatic nitrogens is 1. The van der Waals surface area contributed by atoms with Crippen LogP contribution in [0, 0.1) is 0 Å². The highest BCUT2D eigenvalue weighted by atomic mass is 35.5. The van der Waals surface area contributed by atoms with Gasteiger partial charge in [-0.1, -0.05) is 46.9 Å². The molecule has 26 heavy (non-hydrogen) atoms. The molecule has 7 heteroatoms. The molecule has 2 aromatic heterocycles. The van der Waals surface area contributed by atoms with Gasteiger partial charge in [-0.25, -0.2) is 0 Å². The van der Waals surface area contributed by atoms with Crippen LogP contribution in [0.4, 0.5) is 0 Å². The van der Waals surface area contributed by atoms with Crippen molar-refractivity contribution in [3.05, 3.63) is 63.1 Å². The van der Waals surface area contributed by atoms with Crippen LogP contribution in [0.25, 0.3) is 21.0 Å². The molecule has 0 radical (unpaired) electrons. The third-order valence-electron chi connectivity index (χ3n) is 4.52. The van der Waals surface area contributed by atoms with Crippen LogP contribution < -0.4 is 5.46 Å². The van der Waals surface area contributed by atoms with Crippen molar-refractivity contribution in [1.82, 2.24) is 4.57 Å². The van der Waals surface area contributed by atoms with Gasteiger partial charge in [0.2, 0.25) is 0 Å². The van der Waals surface area contributed by atoms with Gasteiger partial charge in [-0.15, -0.1) is 11.3 Å². The van der Waals surface area contributed by atoms with Gasteiger partial charge >= 0.3 is 5.97 Å². The molecule has 1 N–H and O–H groups in total. The van der Waals surface area contributed by atoms with Crippen molar-refractivity contribution in [2.75, 3.05) is 0 Å². The van der Waals surface area contributed by atoms with Gasteiger partial charge in [-0.05, 0) is 34.0 Å². The molecule has 0 bridgehead atoms. The number of carbonyl (C=O) groups is 1. The Hall–Kier alpha value is -1.95. The average Bonchev–Trinajstić information content (AvgIpc) is 3.13. The lowest BCUT2D eigenvalue weighted by molar-refractivity contribution is -0.136. The molecule has 130 valence electrons. The van der Waals surface area contributed by atoms with Gasteiger partial charge in [0.15, 0.2) is 0 Å². The number of halogens is 2. The van der Waals surface area contributed by atoms with Crippen LogP contribution in [-0.2, 0) is 17.8 Å². The van der Waals surface area contributed by atoms with E-state index in [9.17, 15) is 9.90 Å². The van der Waals surface area contributed by atoms with E-state index in [0.29, 0.717) is 16.6 Å².